The topological polar surface area (TPSA) is 92.4 Å². The Hall–Kier alpha value is -1.10. The van der Waals surface area contributed by atoms with Crippen molar-refractivity contribution in [2.75, 3.05) is 6.54 Å². The number of carbonyl (C=O) groups is 2. The summed E-state index contributed by atoms with van der Waals surface area (Å²) in [6, 6.07) is 0. The van der Waals surface area contributed by atoms with E-state index in [1.54, 1.807) is 6.92 Å². The van der Waals surface area contributed by atoms with Gasteiger partial charge in [0, 0.05) is 6.54 Å². The van der Waals surface area contributed by atoms with Crippen LogP contribution in [0.25, 0.3) is 0 Å². The summed E-state index contributed by atoms with van der Waals surface area (Å²) >= 11 is 0. The molecule has 1 unspecified atom stereocenters. The average Bonchev–Trinajstić information content (AvgIpc) is 2.99. The zero-order chi connectivity index (χ0) is 12.7. The van der Waals surface area contributed by atoms with E-state index in [9.17, 15) is 14.7 Å². The molecular weight excluding hydrogens is 220 g/mol. The molecular formula is C12H20N2O3. The van der Waals surface area contributed by atoms with Gasteiger partial charge in [-0.15, -0.1) is 0 Å². The van der Waals surface area contributed by atoms with Crippen LogP contribution < -0.4 is 11.1 Å². The zero-order valence-electron chi connectivity index (χ0n) is 10.2. The van der Waals surface area contributed by atoms with Gasteiger partial charge in [0.2, 0.25) is 5.91 Å². The van der Waals surface area contributed by atoms with Crippen molar-refractivity contribution in [3.05, 3.63) is 0 Å². The molecule has 5 nitrogen and oxygen atoms in total. The van der Waals surface area contributed by atoms with Gasteiger partial charge in [0.05, 0.1) is 5.41 Å². The summed E-state index contributed by atoms with van der Waals surface area (Å²) in [6.07, 6.45) is 4.29. The first-order chi connectivity index (χ1) is 7.94. The molecule has 17 heavy (non-hydrogen) atoms. The first-order valence-corrected chi connectivity index (χ1v) is 6.21. The van der Waals surface area contributed by atoms with Crippen molar-refractivity contribution >= 4 is 11.9 Å². The third-order valence-corrected chi connectivity index (χ3v) is 4.39. The zero-order valence-corrected chi connectivity index (χ0v) is 10.2. The van der Waals surface area contributed by atoms with E-state index in [1.165, 1.54) is 0 Å². The van der Waals surface area contributed by atoms with Crippen LogP contribution in [0.4, 0.5) is 0 Å². The summed E-state index contributed by atoms with van der Waals surface area (Å²) < 4.78 is 0. The molecule has 0 aromatic carbocycles. The number of hydrogen-bond donors (Lipinski definition) is 3. The van der Waals surface area contributed by atoms with Gasteiger partial charge in [-0.3, -0.25) is 4.79 Å². The molecule has 2 aliphatic rings. The molecule has 4 N–H and O–H groups in total. The molecule has 0 spiro atoms. The van der Waals surface area contributed by atoms with Gasteiger partial charge in [-0.05, 0) is 38.5 Å². The van der Waals surface area contributed by atoms with E-state index >= 15 is 0 Å². The molecule has 2 saturated carbocycles. The Kier molecular flexibility index (Phi) is 2.89. The molecule has 2 aliphatic carbocycles. The SMILES string of the molecule is CC(NC(=O)C1(CN)CCC1)(C(=O)O)C1CC1. The summed E-state index contributed by atoms with van der Waals surface area (Å²) in [5, 5.41) is 12.0. The largest absolute Gasteiger partial charge is 0.480 e. The molecule has 0 saturated heterocycles. The Labute approximate surface area is 101 Å². The minimum absolute atomic E-state index is 0.0684. The van der Waals surface area contributed by atoms with Gasteiger partial charge in [0.25, 0.3) is 0 Å². The van der Waals surface area contributed by atoms with E-state index in [-0.39, 0.29) is 11.8 Å². The maximum Gasteiger partial charge on any atom is 0.329 e. The normalized spacial score (nSPS) is 25.5. The van der Waals surface area contributed by atoms with Crippen molar-refractivity contribution in [2.24, 2.45) is 17.1 Å². The van der Waals surface area contributed by atoms with Crippen LogP contribution in [0.15, 0.2) is 0 Å². The smallest absolute Gasteiger partial charge is 0.329 e. The predicted octanol–water partition coefficient (Wildman–Crippen LogP) is 0.485. The Balaban J connectivity index is 2.08. The number of hydrogen-bond acceptors (Lipinski definition) is 3. The molecule has 0 aromatic rings. The van der Waals surface area contributed by atoms with Gasteiger partial charge < -0.3 is 16.2 Å². The Morgan fingerprint density at radius 3 is 2.35 bits per heavy atom. The van der Waals surface area contributed by atoms with E-state index < -0.39 is 16.9 Å². The van der Waals surface area contributed by atoms with Crippen LogP contribution in [-0.2, 0) is 9.59 Å². The van der Waals surface area contributed by atoms with Gasteiger partial charge in [-0.25, -0.2) is 4.79 Å². The fourth-order valence-corrected chi connectivity index (χ4v) is 2.49. The van der Waals surface area contributed by atoms with Crippen molar-refractivity contribution in [3.63, 3.8) is 0 Å². The number of carboxylic acids is 1. The standard InChI is InChI=1S/C12H20N2O3/c1-11(10(16)17,8-3-4-8)14-9(15)12(7-13)5-2-6-12/h8H,2-7,13H2,1H3,(H,14,15)(H,16,17). The fraction of sp³-hybridized carbons (Fsp3) is 0.833. The quantitative estimate of drug-likeness (QED) is 0.652. The molecule has 1 atom stereocenters. The number of aliphatic carboxylic acids is 1. The third kappa shape index (κ3) is 1.92. The molecule has 5 heteroatoms. The van der Waals surface area contributed by atoms with Crippen molar-refractivity contribution in [2.45, 2.75) is 44.6 Å². The lowest BCUT2D eigenvalue weighted by molar-refractivity contribution is -0.151. The minimum atomic E-state index is -1.12. The van der Waals surface area contributed by atoms with Crippen molar-refractivity contribution < 1.29 is 14.7 Å². The van der Waals surface area contributed by atoms with Gasteiger partial charge in [0.15, 0.2) is 0 Å². The van der Waals surface area contributed by atoms with Crippen molar-refractivity contribution in [3.8, 4) is 0 Å². The number of nitrogens with two attached hydrogens (primary N) is 1. The van der Waals surface area contributed by atoms with Crippen molar-refractivity contribution in [1.82, 2.24) is 5.32 Å². The lowest BCUT2D eigenvalue weighted by atomic mass is 9.67. The van der Waals surface area contributed by atoms with Crippen LogP contribution >= 0.6 is 0 Å². The molecule has 2 rings (SSSR count). The first-order valence-electron chi connectivity index (χ1n) is 6.21. The van der Waals surface area contributed by atoms with Crippen LogP contribution in [0.3, 0.4) is 0 Å². The lowest BCUT2D eigenvalue weighted by Gasteiger charge is -2.41. The first kappa shape index (κ1) is 12.4. The second-order valence-electron chi connectivity index (χ2n) is 5.57. The fourth-order valence-electron chi connectivity index (χ4n) is 2.49. The van der Waals surface area contributed by atoms with Crippen LogP contribution in [-0.4, -0.2) is 29.1 Å². The Bertz CT molecular complexity index is 342. The highest BCUT2D eigenvalue weighted by atomic mass is 16.4. The second-order valence-corrected chi connectivity index (χ2v) is 5.57. The van der Waals surface area contributed by atoms with Gasteiger partial charge in [-0.1, -0.05) is 6.42 Å². The highest BCUT2D eigenvalue weighted by molar-refractivity contribution is 5.90. The highest BCUT2D eigenvalue weighted by Gasteiger charge is 2.52. The van der Waals surface area contributed by atoms with Crippen molar-refractivity contribution in [1.29, 1.82) is 0 Å². The number of rotatable bonds is 5. The van der Waals surface area contributed by atoms with E-state index in [1.807, 2.05) is 0 Å². The average molecular weight is 240 g/mol. The molecule has 0 bridgehead atoms. The number of carboxylic acid groups (broad SMARTS) is 1. The molecule has 0 aliphatic heterocycles. The highest BCUT2D eigenvalue weighted by Crippen LogP contribution is 2.43. The van der Waals surface area contributed by atoms with Crippen LogP contribution in [0.2, 0.25) is 0 Å². The number of nitrogens with one attached hydrogen (secondary N) is 1. The maximum absolute atomic E-state index is 12.2. The summed E-state index contributed by atoms with van der Waals surface area (Å²) in [6.45, 7) is 1.91. The van der Waals surface area contributed by atoms with E-state index in [4.69, 9.17) is 5.73 Å². The third-order valence-electron chi connectivity index (χ3n) is 4.39. The monoisotopic (exact) mass is 240 g/mol. The van der Waals surface area contributed by atoms with E-state index in [0.29, 0.717) is 6.54 Å². The van der Waals surface area contributed by atoms with Gasteiger partial charge in [-0.2, -0.15) is 0 Å². The molecule has 1 amide bonds. The van der Waals surface area contributed by atoms with Gasteiger partial charge in [0.1, 0.15) is 5.54 Å². The Morgan fingerprint density at radius 2 is 2.06 bits per heavy atom. The molecule has 0 heterocycles. The van der Waals surface area contributed by atoms with Crippen LogP contribution in [0, 0.1) is 11.3 Å². The summed E-state index contributed by atoms with van der Waals surface area (Å²) in [4.78, 5) is 23.5. The predicted molar refractivity (Wildman–Crippen MR) is 62.2 cm³/mol. The lowest BCUT2D eigenvalue weighted by Crippen LogP contribution is -2.60. The summed E-state index contributed by atoms with van der Waals surface area (Å²) in [7, 11) is 0. The van der Waals surface area contributed by atoms with Crippen LogP contribution in [0.5, 0.6) is 0 Å². The van der Waals surface area contributed by atoms with E-state index in [0.717, 1.165) is 32.1 Å². The maximum atomic E-state index is 12.2. The number of carbonyl (C=O) groups excluding carboxylic acids is 1. The minimum Gasteiger partial charge on any atom is -0.480 e. The molecule has 0 radical (unpaired) electrons. The molecule has 96 valence electrons. The van der Waals surface area contributed by atoms with E-state index in [2.05, 4.69) is 5.32 Å². The number of amides is 1. The summed E-state index contributed by atoms with van der Waals surface area (Å²) in [5.74, 6) is -1.05. The Morgan fingerprint density at radius 1 is 1.47 bits per heavy atom. The molecule has 0 aromatic heterocycles. The molecule has 2 fully saturated rings. The second kappa shape index (κ2) is 3.98. The van der Waals surface area contributed by atoms with Crippen LogP contribution in [0.1, 0.15) is 39.0 Å². The van der Waals surface area contributed by atoms with Gasteiger partial charge >= 0.3 is 5.97 Å². The summed E-state index contributed by atoms with van der Waals surface area (Å²) in [5.41, 5.74) is 4.02.